The summed E-state index contributed by atoms with van der Waals surface area (Å²) in [5.41, 5.74) is 1.61. The molecule has 1 fully saturated rings. The molecule has 0 spiro atoms. The Hall–Kier alpha value is -2.40. The lowest BCUT2D eigenvalue weighted by molar-refractivity contribution is -0.890. The fourth-order valence-electron chi connectivity index (χ4n) is 3.24. The molecule has 1 aliphatic heterocycles. The van der Waals surface area contributed by atoms with Gasteiger partial charge in [-0.05, 0) is 18.2 Å². The number of hydrogen-bond acceptors (Lipinski definition) is 3. The minimum Gasteiger partial charge on any atom is -0.345 e. The standard InChI is InChI=1S/C18H20N4O/c1-22(2)11-9-21(10-12-22)16-8-7-15-17(20-16)13-5-3-4-6-14(13)18(23)19-15/h3-8H,9-12H2,1-2H3/p+1. The van der Waals surface area contributed by atoms with Gasteiger partial charge >= 0.3 is 0 Å². The number of benzene rings is 1. The number of aromatic amines is 1. The van der Waals surface area contributed by atoms with Crippen molar-refractivity contribution in [2.75, 3.05) is 45.2 Å². The molecule has 5 heteroatoms. The van der Waals surface area contributed by atoms with Crippen molar-refractivity contribution in [2.24, 2.45) is 0 Å². The third-order valence-electron chi connectivity index (χ3n) is 4.83. The molecular weight excluding hydrogens is 288 g/mol. The Morgan fingerprint density at radius 1 is 1.04 bits per heavy atom. The number of H-pyrrole nitrogens is 1. The predicted molar refractivity (Wildman–Crippen MR) is 93.9 cm³/mol. The van der Waals surface area contributed by atoms with Crippen molar-refractivity contribution in [2.45, 2.75) is 0 Å². The molecule has 118 valence electrons. The number of rotatable bonds is 1. The molecule has 1 saturated heterocycles. The number of hydrogen-bond donors (Lipinski definition) is 1. The Morgan fingerprint density at radius 3 is 2.48 bits per heavy atom. The van der Waals surface area contributed by atoms with Gasteiger partial charge in [-0.2, -0.15) is 0 Å². The largest absolute Gasteiger partial charge is 0.345 e. The maximum Gasteiger partial charge on any atom is 0.256 e. The van der Waals surface area contributed by atoms with Gasteiger partial charge in [-0.15, -0.1) is 0 Å². The molecule has 0 aliphatic carbocycles. The molecule has 2 aromatic heterocycles. The minimum atomic E-state index is -0.0559. The van der Waals surface area contributed by atoms with Crippen LogP contribution in [0.15, 0.2) is 41.2 Å². The van der Waals surface area contributed by atoms with E-state index in [1.54, 1.807) is 0 Å². The molecule has 1 aliphatic rings. The van der Waals surface area contributed by atoms with Gasteiger partial charge in [0.05, 0.1) is 51.3 Å². The van der Waals surface area contributed by atoms with Crippen molar-refractivity contribution in [3.05, 3.63) is 46.8 Å². The van der Waals surface area contributed by atoms with E-state index in [9.17, 15) is 4.79 Å². The summed E-state index contributed by atoms with van der Waals surface area (Å²) in [6.07, 6.45) is 0. The van der Waals surface area contributed by atoms with Gasteiger partial charge in [0.25, 0.3) is 5.56 Å². The summed E-state index contributed by atoms with van der Waals surface area (Å²) in [7, 11) is 4.53. The minimum absolute atomic E-state index is 0.0559. The highest BCUT2D eigenvalue weighted by Crippen LogP contribution is 2.23. The number of anilines is 1. The van der Waals surface area contributed by atoms with E-state index in [2.05, 4.69) is 24.0 Å². The number of pyridine rings is 2. The van der Waals surface area contributed by atoms with E-state index in [0.29, 0.717) is 5.39 Å². The molecule has 1 aromatic carbocycles. The first-order valence-corrected chi connectivity index (χ1v) is 8.02. The second-order valence-corrected chi connectivity index (χ2v) is 6.94. The topological polar surface area (TPSA) is 49.0 Å². The first kappa shape index (κ1) is 14.2. The second kappa shape index (κ2) is 5.06. The highest BCUT2D eigenvalue weighted by atomic mass is 16.1. The molecule has 3 aromatic rings. The van der Waals surface area contributed by atoms with Crippen molar-refractivity contribution in [1.29, 1.82) is 0 Å². The Kier molecular flexibility index (Phi) is 3.13. The molecule has 0 atom stereocenters. The molecule has 0 unspecified atom stereocenters. The van der Waals surface area contributed by atoms with Gasteiger partial charge in [-0.1, -0.05) is 18.2 Å². The van der Waals surface area contributed by atoms with E-state index in [4.69, 9.17) is 4.98 Å². The zero-order valence-corrected chi connectivity index (χ0v) is 13.5. The number of quaternary nitrogens is 1. The highest BCUT2D eigenvalue weighted by molar-refractivity contribution is 6.03. The summed E-state index contributed by atoms with van der Waals surface area (Å²) in [4.78, 5) is 22.3. The highest BCUT2D eigenvalue weighted by Gasteiger charge is 2.25. The van der Waals surface area contributed by atoms with Gasteiger partial charge < -0.3 is 14.4 Å². The van der Waals surface area contributed by atoms with Crippen molar-refractivity contribution in [3.63, 3.8) is 0 Å². The summed E-state index contributed by atoms with van der Waals surface area (Å²) >= 11 is 0. The number of piperazine rings is 1. The lowest BCUT2D eigenvalue weighted by atomic mass is 10.1. The average Bonchev–Trinajstić information content (AvgIpc) is 2.55. The van der Waals surface area contributed by atoms with Crippen LogP contribution in [0, 0.1) is 0 Å². The Labute approximate surface area is 134 Å². The quantitative estimate of drug-likeness (QED) is 0.552. The zero-order valence-electron chi connectivity index (χ0n) is 13.5. The fraction of sp³-hybridized carbons (Fsp3) is 0.333. The molecule has 0 bridgehead atoms. The first-order chi connectivity index (χ1) is 11.0. The third kappa shape index (κ3) is 2.47. The van der Waals surface area contributed by atoms with Crippen molar-refractivity contribution < 1.29 is 4.48 Å². The fourth-order valence-corrected chi connectivity index (χ4v) is 3.24. The van der Waals surface area contributed by atoms with Crippen LogP contribution in [0.3, 0.4) is 0 Å². The monoisotopic (exact) mass is 309 g/mol. The van der Waals surface area contributed by atoms with Crippen LogP contribution < -0.4 is 10.5 Å². The van der Waals surface area contributed by atoms with Gasteiger partial charge in [0, 0.05) is 10.8 Å². The van der Waals surface area contributed by atoms with Crippen LogP contribution in [0.25, 0.3) is 21.8 Å². The Bertz CT molecular complexity index is 935. The SMILES string of the molecule is C[N+]1(C)CCN(c2ccc3[nH]c(=O)c4ccccc4c3n2)CC1. The van der Waals surface area contributed by atoms with Gasteiger partial charge in [-0.3, -0.25) is 4.79 Å². The normalized spacial score (nSPS) is 17.7. The smallest absolute Gasteiger partial charge is 0.256 e. The first-order valence-electron chi connectivity index (χ1n) is 8.02. The summed E-state index contributed by atoms with van der Waals surface area (Å²) in [5, 5.41) is 1.61. The van der Waals surface area contributed by atoms with Crippen LogP contribution >= 0.6 is 0 Å². The summed E-state index contributed by atoms with van der Waals surface area (Å²) in [6.45, 7) is 4.25. The maximum atomic E-state index is 12.2. The van der Waals surface area contributed by atoms with Crippen LogP contribution in [0.5, 0.6) is 0 Å². The number of fused-ring (bicyclic) bond motifs is 3. The number of aromatic nitrogens is 2. The van der Waals surface area contributed by atoms with Crippen molar-refractivity contribution in [3.8, 4) is 0 Å². The molecule has 23 heavy (non-hydrogen) atoms. The number of nitrogens with one attached hydrogen (secondary N) is 1. The molecule has 5 nitrogen and oxygen atoms in total. The Morgan fingerprint density at radius 2 is 1.74 bits per heavy atom. The lowest BCUT2D eigenvalue weighted by Gasteiger charge is -2.39. The van der Waals surface area contributed by atoms with Crippen molar-refractivity contribution >= 4 is 27.6 Å². The van der Waals surface area contributed by atoms with E-state index in [0.717, 1.165) is 52.9 Å². The molecule has 0 saturated carbocycles. The van der Waals surface area contributed by atoms with E-state index < -0.39 is 0 Å². The van der Waals surface area contributed by atoms with Gasteiger partial charge in [-0.25, -0.2) is 4.98 Å². The molecular formula is C18H21N4O+. The van der Waals surface area contributed by atoms with Crippen LogP contribution in [0.4, 0.5) is 5.82 Å². The average molecular weight is 309 g/mol. The second-order valence-electron chi connectivity index (χ2n) is 6.94. The molecule has 0 amide bonds. The summed E-state index contributed by atoms with van der Waals surface area (Å²) < 4.78 is 1.06. The van der Waals surface area contributed by atoms with Gasteiger partial charge in [0.1, 0.15) is 5.82 Å². The van der Waals surface area contributed by atoms with Crippen LogP contribution in [0.2, 0.25) is 0 Å². The maximum absolute atomic E-state index is 12.2. The molecule has 0 radical (unpaired) electrons. The Balaban J connectivity index is 1.83. The van der Waals surface area contributed by atoms with E-state index >= 15 is 0 Å². The van der Waals surface area contributed by atoms with E-state index in [1.807, 2.05) is 36.4 Å². The zero-order chi connectivity index (χ0) is 16.0. The van der Waals surface area contributed by atoms with Gasteiger partial charge in [0.2, 0.25) is 0 Å². The molecule has 4 rings (SSSR count). The van der Waals surface area contributed by atoms with Crippen LogP contribution in [-0.2, 0) is 0 Å². The summed E-state index contributed by atoms with van der Waals surface area (Å²) in [6, 6.07) is 11.6. The lowest BCUT2D eigenvalue weighted by Crippen LogP contribution is -2.55. The number of nitrogens with zero attached hydrogens (tertiary/aromatic N) is 3. The van der Waals surface area contributed by atoms with Crippen molar-refractivity contribution in [1.82, 2.24) is 9.97 Å². The predicted octanol–water partition coefficient (Wildman–Crippen LogP) is 1.97. The van der Waals surface area contributed by atoms with E-state index in [-0.39, 0.29) is 5.56 Å². The third-order valence-corrected chi connectivity index (χ3v) is 4.83. The summed E-state index contributed by atoms with van der Waals surface area (Å²) in [5.74, 6) is 0.995. The van der Waals surface area contributed by atoms with Crippen LogP contribution in [0.1, 0.15) is 0 Å². The molecule has 1 N–H and O–H groups in total. The molecule has 3 heterocycles. The van der Waals surface area contributed by atoms with Gasteiger partial charge in [0.15, 0.2) is 0 Å². The van der Waals surface area contributed by atoms with Crippen LogP contribution in [-0.4, -0.2) is 54.7 Å². The number of likely N-dealkylation sites (N-methyl/N-ethyl adjacent to an activating group) is 1. The van der Waals surface area contributed by atoms with E-state index in [1.165, 1.54) is 0 Å².